The van der Waals surface area contributed by atoms with Crippen LogP contribution in [-0.4, -0.2) is 41.6 Å². The standard InChI is InChI=1S/C14H17F4N3O/c15-11-4-1-5-19-12(11)7-20-13(22)10-3-2-6-21(8-10)9-14(16,17)18/h1,4-5,10H,2-3,6-9H2,(H,20,22)/t10-/m0/s1. The van der Waals surface area contributed by atoms with Crippen LogP contribution in [0.3, 0.4) is 0 Å². The van der Waals surface area contributed by atoms with Gasteiger partial charge in [-0.25, -0.2) is 4.39 Å². The fraction of sp³-hybridized carbons (Fsp3) is 0.571. The van der Waals surface area contributed by atoms with Gasteiger partial charge in [-0.2, -0.15) is 13.2 Å². The van der Waals surface area contributed by atoms with Crippen molar-refractivity contribution in [3.8, 4) is 0 Å². The van der Waals surface area contributed by atoms with E-state index in [9.17, 15) is 22.4 Å². The van der Waals surface area contributed by atoms with Gasteiger partial charge in [0.25, 0.3) is 0 Å². The van der Waals surface area contributed by atoms with E-state index in [4.69, 9.17) is 0 Å². The summed E-state index contributed by atoms with van der Waals surface area (Å²) in [5.41, 5.74) is 0.110. The van der Waals surface area contributed by atoms with Gasteiger partial charge in [0.1, 0.15) is 5.82 Å². The van der Waals surface area contributed by atoms with Crippen LogP contribution < -0.4 is 5.32 Å². The predicted molar refractivity (Wildman–Crippen MR) is 71.3 cm³/mol. The lowest BCUT2D eigenvalue weighted by Crippen LogP contribution is -2.46. The second kappa shape index (κ2) is 7.04. The van der Waals surface area contributed by atoms with Gasteiger partial charge in [0, 0.05) is 12.7 Å². The molecule has 0 bridgehead atoms. The third kappa shape index (κ3) is 4.94. The number of nitrogens with zero attached hydrogens (tertiary/aromatic N) is 2. The summed E-state index contributed by atoms with van der Waals surface area (Å²) >= 11 is 0. The van der Waals surface area contributed by atoms with Crippen molar-refractivity contribution in [2.24, 2.45) is 5.92 Å². The minimum absolute atomic E-state index is 0.0655. The zero-order valence-corrected chi connectivity index (χ0v) is 11.9. The zero-order valence-electron chi connectivity index (χ0n) is 11.9. The molecule has 122 valence electrons. The molecule has 8 heteroatoms. The molecule has 0 aliphatic carbocycles. The zero-order chi connectivity index (χ0) is 16.2. The van der Waals surface area contributed by atoms with Gasteiger partial charge >= 0.3 is 6.18 Å². The number of hydrogen-bond acceptors (Lipinski definition) is 3. The summed E-state index contributed by atoms with van der Waals surface area (Å²) in [6.45, 7) is -0.679. The molecule has 1 N–H and O–H groups in total. The minimum atomic E-state index is -4.27. The van der Waals surface area contributed by atoms with Crippen molar-refractivity contribution in [3.05, 3.63) is 29.8 Å². The monoisotopic (exact) mass is 319 g/mol. The first kappa shape index (κ1) is 16.7. The number of pyridine rings is 1. The molecule has 1 aromatic heterocycles. The van der Waals surface area contributed by atoms with Crippen molar-refractivity contribution in [2.75, 3.05) is 19.6 Å². The number of nitrogens with one attached hydrogen (secondary N) is 1. The first-order valence-corrected chi connectivity index (χ1v) is 7.01. The van der Waals surface area contributed by atoms with Gasteiger partial charge in [-0.15, -0.1) is 0 Å². The predicted octanol–water partition coefficient (Wildman–Crippen LogP) is 2.11. The average molecular weight is 319 g/mol. The summed E-state index contributed by atoms with van der Waals surface area (Å²) in [7, 11) is 0. The molecule has 1 amide bonds. The number of carbonyl (C=O) groups is 1. The van der Waals surface area contributed by atoms with E-state index in [1.54, 1.807) is 0 Å². The van der Waals surface area contributed by atoms with Crippen molar-refractivity contribution in [1.29, 1.82) is 0 Å². The molecule has 0 spiro atoms. The number of alkyl halides is 3. The number of halogens is 4. The molecular weight excluding hydrogens is 302 g/mol. The third-order valence-corrected chi connectivity index (χ3v) is 3.54. The molecule has 22 heavy (non-hydrogen) atoms. The number of amides is 1. The van der Waals surface area contributed by atoms with Crippen molar-refractivity contribution in [1.82, 2.24) is 15.2 Å². The number of piperidine rings is 1. The Balaban J connectivity index is 1.85. The van der Waals surface area contributed by atoms with Crippen LogP contribution in [-0.2, 0) is 11.3 Å². The van der Waals surface area contributed by atoms with Crippen LogP contribution in [0, 0.1) is 11.7 Å². The Morgan fingerprint density at radius 3 is 2.91 bits per heavy atom. The number of rotatable bonds is 4. The smallest absolute Gasteiger partial charge is 0.350 e. The molecule has 0 unspecified atom stereocenters. The quantitative estimate of drug-likeness (QED) is 0.865. The van der Waals surface area contributed by atoms with Gasteiger partial charge in [0.15, 0.2) is 0 Å². The van der Waals surface area contributed by atoms with E-state index in [0.717, 1.165) is 0 Å². The fourth-order valence-electron chi connectivity index (χ4n) is 2.53. The molecule has 4 nitrogen and oxygen atoms in total. The van der Waals surface area contributed by atoms with E-state index in [1.165, 1.54) is 23.2 Å². The van der Waals surface area contributed by atoms with Crippen LogP contribution in [0.2, 0.25) is 0 Å². The maximum atomic E-state index is 13.4. The number of likely N-dealkylation sites (tertiary alicyclic amines) is 1. The van der Waals surface area contributed by atoms with Gasteiger partial charge < -0.3 is 5.32 Å². The molecule has 2 rings (SSSR count). The number of carbonyl (C=O) groups excluding carboxylic acids is 1. The van der Waals surface area contributed by atoms with Gasteiger partial charge in [-0.05, 0) is 31.5 Å². The van der Waals surface area contributed by atoms with Gasteiger partial charge in [-0.3, -0.25) is 14.7 Å². The number of aromatic nitrogens is 1. The van der Waals surface area contributed by atoms with Crippen LogP contribution in [0.15, 0.2) is 18.3 Å². The van der Waals surface area contributed by atoms with E-state index in [2.05, 4.69) is 10.3 Å². The van der Waals surface area contributed by atoms with Gasteiger partial charge in [-0.1, -0.05) is 0 Å². The van der Waals surface area contributed by atoms with Crippen LogP contribution in [0.25, 0.3) is 0 Å². The second-order valence-electron chi connectivity index (χ2n) is 5.34. The highest BCUT2D eigenvalue weighted by atomic mass is 19.4. The van der Waals surface area contributed by atoms with E-state index < -0.39 is 24.5 Å². The molecule has 2 heterocycles. The van der Waals surface area contributed by atoms with E-state index in [0.29, 0.717) is 19.4 Å². The van der Waals surface area contributed by atoms with Crippen LogP contribution in [0.4, 0.5) is 17.6 Å². The summed E-state index contributed by atoms with van der Waals surface area (Å²) in [6.07, 6.45) is -1.79. The summed E-state index contributed by atoms with van der Waals surface area (Å²) in [5.74, 6) is -1.40. The Labute approximate surface area is 125 Å². The molecular formula is C14H17F4N3O. The summed E-state index contributed by atoms with van der Waals surface area (Å²) < 4.78 is 50.6. The van der Waals surface area contributed by atoms with Crippen LogP contribution >= 0.6 is 0 Å². The number of hydrogen-bond donors (Lipinski definition) is 1. The lowest BCUT2D eigenvalue weighted by molar-refractivity contribution is -0.152. The lowest BCUT2D eigenvalue weighted by Gasteiger charge is -2.32. The molecule has 0 saturated carbocycles. The highest BCUT2D eigenvalue weighted by molar-refractivity contribution is 5.78. The van der Waals surface area contributed by atoms with E-state index >= 15 is 0 Å². The molecule has 1 aliphatic rings. The summed E-state index contributed by atoms with van der Waals surface area (Å²) in [4.78, 5) is 17.1. The van der Waals surface area contributed by atoms with Crippen molar-refractivity contribution < 1.29 is 22.4 Å². The van der Waals surface area contributed by atoms with E-state index in [1.807, 2.05) is 0 Å². The highest BCUT2D eigenvalue weighted by Crippen LogP contribution is 2.22. The minimum Gasteiger partial charge on any atom is -0.350 e. The molecule has 0 radical (unpaired) electrons. The van der Waals surface area contributed by atoms with Crippen molar-refractivity contribution >= 4 is 5.91 Å². The maximum absolute atomic E-state index is 13.4. The van der Waals surface area contributed by atoms with Crippen molar-refractivity contribution in [3.63, 3.8) is 0 Å². The summed E-state index contributed by atoms with van der Waals surface area (Å²) in [6, 6.07) is 2.68. The Morgan fingerprint density at radius 1 is 1.45 bits per heavy atom. The van der Waals surface area contributed by atoms with Crippen LogP contribution in [0.5, 0.6) is 0 Å². The Hall–Kier alpha value is -1.70. The Morgan fingerprint density at radius 2 is 2.23 bits per heavy atom. The van der Waals surface area contributed by atoms with Gasteiger partial charge in [0.05, 0.1) is 24.7 Å². The molecule has 1 aliphatic heterocycles. The molecule has 1 aromatic rings. The maximum Gasteiger partial charge on any atom is 0.401 e. The molecule has 1 atom stereocenters. The van der Waals surface area contributed by atoms with Crippen molar-refractivity contribution in [2.45, 2.75) is 25.6 Å². The topological polar surface area (TPSA) is 45.2 Å². The Bertz CT molecular complexity index is 521. The second-order valence-corrected chi connectivity index (χ2v) is 5.34. The molecule has 0 aromatic carbocycles. The highest BCUT2D eigenvalue weighted by Gasteiger charge is 2.34. The van der Waals surface area contributed by atoms with E-state index in [-0.39, 0.29) is 24.7 Å². The lowest BCUT2D eigenvalue weighted by atomic mass is 9.97. The normalized spacial score (nSPS) is 19.9. The fourth-order valence-corrected chi connectivity index (χ4v) is 2.53. The summed E-state index contributed by atoms with van der Waals surface area (Å²) in [5, 5.41) is 2.54. The Kier molecular flexibility index (Phi) is 5.33. The first-order chi connectivity index (χ1) is 10.3. The first-order valence-electron chi connectivity index (χ1n) is 7.01. The average Bonchev–Trinajstić information content (AvgIpc) is 2.44. The molecule has 1 saturated heterocycles. The van der Waals surface area contributed by atoms with Gasteiger partial charge in [0.2, 0.25) is 5.91 Å². The van der Waals surface area contributed by atoms with Crippen LogP contribution in [0.1, 0.15) is 18.5 Å². The largest absolute Gasteiger partial charge is 0.401 e. The third-order valence-electron chi connectivity index (χ3n) is 3.54. The molecule has 1 fully saturated rings. The SMILES string of the molecule is O=C(NCc1ncccc1F)[C@H]1CCCN(CC(F)(F)F)C1.